The highest BCUT2D eigenvalue weighted by Gasteiger charge is 2.21. The molecule has 6 heteroatoms. The second kappa shape index (κ2) is 5.44. The van der Waals surface area contributed by atoms with Crippen molar-refractivity contribution in [2.24, 2.45) is 11.7 Å². The second-order valence-corrected chi connectivity index (χ2v) is 5.14. The van der Waals surface area contributed by atoms with Crippen LogP contribution in [-0.4, -0.2) is 23.7 Å². The van der Waals surface area contributed by atoms with Crippen LogP contribution in [0.15, 0.2) is 18.2 Å². The second-order valence-electron chi connectivity index (χ2n) is 4.67. The number of hydrogen-bond donors (Lipinski definition) is 2. The summed E-state index contributed by atoms with van der Waals surface area (Å²) in [6.07, 6.45) is 0. The number of benzene rings is 1. The first-order valence-electron chi connectivity index (χ1n) is 5.99. The lowest BCUT2D eigenvalue weighted by atomic mass is 10.0. The fraction of sp³-hybridized carbons (Fsp3) is 0.385. The summed E-state index contributed by atoms with van der Waals surface area (Å²) in [6.45, 7) is 4.08. The van der Waals surface area contributed by atoms with Gasteiger partial charge in [-0.05, 0) is 24.1 Å². The third kappa shape index (κ3) is 2.96. The Hall–Kier alpha value is -1.82. The van der Waals surface area contributed by atoms with Gasteiger partial charge in [-0.3, -0.25) is 4.79 Å². The summed E-state index contributed by atoms with van der Waals surface area (Å²) in [5.41, 5.74) is 6.12. The van der Waals surface area contributed by atoms with E-state index in [0.29, 0.717) is 17.1 Å². The molecule has 1 aliphatic rings. The third-order valence-electron chi connectivity index (χ3n) is 2.89. The lowest BCUT2D eigenvalue weighted by Crippen LogP contribution is -2.46. The molecule has 0 aliphatic carbocycles. The summed E-state index contributed by atoms with van der Waals surface area (Å²) in [5, 5.41) is 2.82. The van der Waals surface area contributed by atoms with Crippen LogP contribution in [0, 0.1) is 5.92 Å². The minimum absolute atomic E-state index is 0.135. The Morgan fingerprint density at radius 2 is 2.05 bits per heavy atom. The number of nitrogens with two attached hydrogens (primary N) is 1. The molecule has 0 spiro atoms. The quantitative estimate of drug-likeness (QED) is 0.817. The minimum atomic E-state index is -0.326. The molecule has 3 N–H and O–H groups in total. The van der Waals surface area contributed by atoms with Crippen molar-refractivity contribution in [3.8, 4) is 11.5 Å². The average molecular weight is 280 g/mol. The van der Waals surface area contributed by atoms with E-state index >= 15 is 0 Å². The van der Waals surface area contributed by atoms with Gasteiger partial charge in [0.1, 0.15) is 0 Å². The fourth-order valence-corrected chi connectivity index (χ4v) is 2.16. The Balaban J connectivity index is 2.13. The molecule has 0 bridgehead atoms. The number of amides is 1. The van der Waals surface area contributed by atoms with Crippen molar-refractivity contribution < 1.29 is 14.3 Å². The number of nitrogens with one attached hydrogen (secondary N) is 1. The smallest absolute Gasteiger partial charge is 0.251 e. The number of fused-ring (bicyclic) bond motifs is 1. The number of carbonyl (C=O) groups is 1. The molecule has 1 aromatic carbocycles. The summed E-state index contributed by atoms with van der Waals surface area (Å²) >= 11 is 4.96. The molecule has 1 atom stereocenters. The van der Waals surface area contributed by atoms with Crippen molar-refractivity contribution in [2.45, 2.75) is 19.9 Å². The Morgan fingerprint density at radius 1 is 1.37 bits per heavy atom. The Bertz CT molecular complexity index is 517. The van der Waals surface area contributed by atoms with Crippen molar-refractivity contribution in [2.75, 3.05) is 6.79 Å². The minimum Gasteiger partial charge on any atom is -0.454 e. The summed E-state index contributed by atoms with van der Waals surface area (Å²) in [5.74, 6) is 1.12. The molecule has 1 aromatic rings. The normalized spacial score (nSPS) is 14.3. The monoisotopic (exact) mass is 280 g/mol. The Labute approximate surface area is 117 Å². The van der Waals surface area contributed by atoms with E-state index in [-0.39, 0.29) is 29.6 Å². The molecule has 5 nitrogen and oxygen atoms in total. The predicted molar refractivity (Wildman–Crippen MR) is 75.4 cm³/mol. The van der Waals surface area contributed by atoms with Gasteiger partial charge in [-0.2, -0.15) is 0 Å². The maximum absolute atomic E-state index is 12.1. The Morgan fingerprint density at radius 3 is 2.68 bits per heavy atom. The first-order valence-corrected chi connectivity index (χ1v) is 6.39. The number of thiocarbonyl (C=S) groups is 1. The molecule has 1 amide bonds. The van der Waals surface area contributed by atoms with Crippen LogP contribution in [0.4, 0.5) is 0 Å². The topological polar surface area (TPSA) is 73.6 Å². The van der Waals surface area contributed by atoms with Gasteiger partial charge in [0.15, 0.2) is 11.5 Å². The summed E-state index contributed by atoms with van der Waals surface area (Å²) in [6, 6.07) is 4.71. The van der Waals surface area contributed by atoms with Crippen LogP contribution in [-0.2, 0) is 0 Å². The summed E-state index contributed by atoms with van der Waals surface area (Å²) in [4.78, 5) is 12.4. The standard InChI is InChI=1S/C13H16N2O3S/c1-7(2)11(12(14)19)15-13(16)8-3-4-9-10(5-8)18-6-17-9/h3-5,7,11H,6H2,1-2H3,(H2,14,19)(H,15,16). The molecule has 0 fully saturated rings. The van der Waals surface area contributed by atoms with Crippen molar-refractivity contribution in [3.05, 3.63) is 23.8 Å². The molecule has 0 saturated carbocycles. The van der Waals surface area contributed by atoms with E-state index in [1.165, 1.54) is 0 Å². The highest BCUT2D eigenvalue weighted by molar-refractivity contribution is 7.80. The highest BCUT2D eigenvalue weighted by Crippen LogP contribution is 2.32. The van der Waals surface area contributed by atoms with Crippen LogP contribution in [0.25, 0.3) is 0 Å². The van der Waals surface area contributed by atoms with Crippen molar-refractivity contribution >= 4 is 23.1 Å². The van der Waals surface area contributed by atoms with Gasteiger partial charge in [0.25, 0.3) is 5.91 Å². The van der Waals surface area contributed by atoms with Gasteiger partial charge < -0.3 is 20.5 Å². The van der Waals surface area contributed by atoms with Crippen LogP contribution >= 0.6 is 12.2 Å². The molecule has 0 radical (unpaired) electrons. The van der Waals surface area contributed by atoms with Crippen LogP contribution < -0.4 is 20.5 Å². The number of hydrogen-bond acceptors (Lipinski definition) is 4. The van der Waals surface area contributed by atoms with E-state index in [4.69, 9.17) is 27.4 Å². The number of rotatable bonds is 4. The fourth-order valence-electron chi connectivity index (χ4n) is 1.83. The highest BCUT2D eigenvalue weighted by atomic mass is 32.1. The van der Waals surface area contributed by atoms with E-state index in [1.807, 2.05) is 13.8 Å². The first-order chi connectivity index (χ1) is 8.99. The average Bonchev–Trinajstić information content (AvgIpc) is 2.81. The van der Waals surface area contributed by atoms with Crippen LogP contribution in [0.2, 0.25) is 0 Å². The predicted octanol–water partition coefficient (Wildman–Crippen LogP) is 1.46. The first kappa shape index (κ1) is 13.6. The Kier molecular flexibility index (Phi) is 3.90. The summed E-state index contributed by atoms with van der Waals surface area (Å²) in [7, 11) is 0. The number of carbonyl (C=O) groups excluding carboxylic acids is 1. The maximum atomic E-state index is 12.1. The zero-order valence-corrected chi connectivity index (χ0v) is 11.6. The molecule has 0 aromatic heterocycles. The van der Waals surface area contributed by atoms with Crippen molar-refractivity contribution in [1.82, 2.24) is 5.32 Å². The van der Waals surface area contributed by atoms with Gasteiger partial charge in [0.05, 0.1) is 11.0 Å². The van der Waals surface area contributed by atoms with E-state index in [0.717, 1.165) is 0 Å². The summed E-state index contributed by atoms with van der Waals surface area (Å²) < 4.78 is 10.4. The van der Waals surface area contributed by atoms with E-state index < -0.39 is 0 Å². The lowest BCUT2D eigenvalue weighted by molar-refractivity contribution is 0.0939. The molecular formula is C13H16N2O3S. The maximum Gasteiger partial charge on any atom is 0.251 e. The van der Waals surface area contributed by atoms with Crippen LogP contribution in [0.1, 0.15) is 24.2 Å². The van der Waals surface area contributed by atoms with Gasteiger partial charge >= 0.3 is 0 Å². The molecule has 1 heterocycles. The molecule has 1 aliphatic heterocycles. The van der Waals surface area contributed by atoms with Gasteiger partial charge in [-0.15, -0.1) is 0 Å². The van der Waals surface area contributed by atoms with Gasteiger partial charge in [0, 0.05) is 5.56 Å². The van der Waals surface area contributed by atoms with Gasteiger partial charge in [-0.1, -0.05) is 26.1 Å². The van der Waals surface area contributed by atoms with Crippen molar-refractivity contribution in [1.29, 1.82) is 0 Å². The van der Waals surface area contributed by atoms with Gasteiger partial charge in [-0.25, -0.2) is 0 Å². The van der Waals surface area contributed by atoms with E-state index in [2.05, 4.69) is 5.32 Å². The van der Waals surface area contributed by atoms with Crippen LogP contribution in [0.5, 0.6) is 11.5 Å². The molecular weight excluding hydrogens is 264 g/mol. The molecule has 0 saturated heterocycles. The number of ether oxygens (including phenoxy) is 2. The SMILES string of the molecule is CC(C)C(NC(=O)c1ccc2c(c1)OCO2)C(N)=S. The third-order valence-corrected chi connectivity index (χ3v) is 3.15. The zero-order valence-electron chi connectivity index (χ0n) is 10.8. The zero-order chi connectivity index (χ0) is 14.0. The van der Waals surface area contributed by atoms with E-state index in [1.54, 1.807) is 18.2 Å². The van der Waals surface area contributed by atoms with Crippen molar-refractivity contribution in [3.63, 3.8) is 0 Å². The molecule has 2 rings (SSSR count). The molecule has 1 unspecified atom stereocenters. The largest absolute Gasteiger partial charge is 0.454 e. The van der Waals surface area contributed by atoms with E-state index in [9.17, 15) is 4.79 Å². The van der Waals surface area contributed by atoms with Crippen LogP contribution in [0.3, 0.4) is 0 Å². The molecule has 102 valence electrons. The lowest BCUT2D eigenvalue weighted by Gasteiger charge is -2.21. The van der Waals surface area contributed by atoms with Gasteiger partial charge in [0.2, 0.25) is 6.79 Å². The molecule has 19 heavy (non-hydrogen) atoms.